The fourth-order valence-electron chi connectivity index (χ4n) is 2.24. The van der Waals surface area contributed by atoms with Crippen molar-refractivity contribution in [2.24, 2.45) is 0 Å². The molecule has 0 aliphatic heterocycles. The van der Waals surface area contributed by atoms with Gasteiger partial charge in [-0.05, 0) is 52.7 Å². The molecule has 0 aliphatic carbocycles. The average molecular weight is 356 g/mol. The van der Waals surface area contributed by atoms with Gasteiger partial charge in [0, 0.05) is 0 Å². The molecule has 1 aromatic heterocycles. The topological polar surface area (TPSA) is 43.8 Å². The fourth-order valence-corrected chi connectivity index (χ4v) is 2.70. The van der Waals surface area contributed by atoms with Gasteiger partial charge < -0.3 is 5.73 Å². The van der Waals surface area contributed by atoms with Crippen molar-refractivity contribution in [2.45, 2.75) is 6.92 Å². The van der Waals surface area contributed by atoms with E-state index in [4.69, 9.17) is 5.73 Å². The van der Waals surface area contributed by atoms with Gasteiger partial charge in [0.1, 0.15) is 11.3 Å². The van der Waals surface area contributed by atoms with Crippen LogP contribution in [-0.4, -0.2) is 9.55 Å². The number of nitrogens with two attached hydrogens (primary N) is 1. The number of halogens is 4. The second-order valence-corrected chi connectivity index (χ2v) is 5.44. The molecule has 3 nitrogen and oxygen atoms in total. The number of aryl methyl sites for hydroxylation is 1. The van der Waals surface area contributed by atoms with E-state index in [1.165, 1.54) is 22.8 Å². The first-order valence-corrected chi connectivity index (χ1v) is 6.77. The molecule has 0 saturated heterocycles. The maximum Gasteiger partial charge on any atom is 0.206 e. The summed E-state index contributed by atoms with van der Waals surface area (Å²) in [4.78, 5) is 3.98. The van der Waals surface area contributed by atoms with Crippen molar-refractivity contribution in [1.82, 2.24) is 9.55 Å². The van der Waals surface area contributed by atoms with Crippen LogP contribution in [0.2, 0.25) is 0 Å². The van der Waals surface area contributed by atoms with Gasteiger partial charge in [-0.3, -0.25) is 4.57 Å². The quantitative estimate of drug-likeness (QED) is 0.714. The molecule has 1 heterocycles. The number of anilines is 1. The van der Waals surface area contributed by atoms with Crippen molar-refractivity contribution in [1.29, 1.82) is 0 Å². The summed E-state index contributed by atoms with van der Waals surface area (Å²) in [6, 6.07) is 5.03. The summed E-state index contributed by atoms with van der Waals surface area (Å²) < 4.78 is 42.8. The molecule has 3 rings (SSSR count). The third-order valence-electron chi connectivity index (χ3n) is 3.22. The van der Waals surface area contributed by atoms with E-state index in [1.807, 2.05) is 0 Å². The summed E-state index contributed by atoms with van der Waals surface area (Å²) >= 11 is 3.07. The summed E-state index contributed by atoms with van der Waals surface area (Å²) in [5, 5.41) is 0. The molecule has 0 atom stereocenters. The summed E-state index contributed by atoms with van der Waals surface area (Å²) in [5.74, 6) is -2.66. The van der Waals surface area contributed by atoms with Gasteiger partial charge in [0.2, 0.25) is 5.95 Å². The van der Waals surface area contributed by atoms with Gasteiger partial charge in [-0.1, -0.05) is 0 Å². The SMILES string of the molecule is Cc1cc(Br)c(F)cc1-n1c(N)nc2ccc(F)c(F)c21. The van der Waals surface area contributed by atoms with E-state index in [0.717, 1.165) is 6.07 Å². The van der Waals surface area contributed by atoms with E-state index in [-0.39, 0.29) is 21.5 Å². The number of rotatable bonds is 1. The van der Waals surface area contributed by atoms with Gasteiger partial charge in [0.25, 0.3) is 0 Å². The van der Waals surface area contributed by atoms with Crippen molar-refractivity contribution in [3.05, 3.63) is 51.8 Å². The van der Waals surface area contributed by atoms with Crippen molar-refractivity contribution in [2.75, 3.05) is 5.73 Å². The lowest BCUT2D eigenvalue weighted by molar-refractivity contribution is 0.514. The van der Waals surface area contributed by atoms with E-state index in [1.54, 1.807) is 6.92 Å². The summed E-state index contributed by atoms with van der Waals surface area (Å²) in [6.45, 7) is 1.71. The molecule has 2 aromatic carbocycles. The molecule has 0 spiro atoms. The molecule has 0 aliphatic rings. The van der Waals surface area contributed by atoms with E-state index in [9.17, 15) is 13.2 Å². The van der Waals surface area contributed by atoms with Crippen LogP contribution in [0.15, 0.2) is 28.7 Å². The lowest BCUT2D eigenvalue weighted by Crippen LogP contribution is -2.05. The Morgan fingerprint density at radius 3 is 2.57 bits per heavy atom. The predicted molar refractivity (Wildman–Crippen MR) is 77.8 cm³/mol. The Balaban J connectivity index is 2.43. The first-order valence-electron chi connectivity index (χ1n) is 5.98. The molecule has 108 valence electrons. The van der Waals surface area contributed by atoms with Crippen LogP contribution in [0.1, 0.15) is 5.56 Å². The zero-order valence-electron chi connectivity index (χ0n) is 10.8. The van der Waals surface area contributed by atoms with Crippen molar-refractivity contribution in [3.8, 4) is 5.69 Å². The lowest BCUT2D eigenvalue weighted by Gasteiger charge is -2.11. The highest BCUT2D eigenvalue weighted by atomic mass is 79.9. The third-order valence-corrected chi connectivity index (χ3v) is 3.82. The van der Waals surface area contributed by atoms with Gasteiger partial charge in [-0.15, -0.1) is 0 Å². The molecule has 0 radical (unpaired) electrons. The smallest absolute Gasteiger partial charge is 0.206 e. The van der Waals surface area contributed by atoms with Gasteiger partial charge in [-0.25, -0.2) is 18.2 Å². The minimum atomic E-state index is -1.07. The van der Waals surface area contributed by atoms with E-state index in [2.05, 4.69) is 20.9 Å². The molecule has 0 amide bonds. The zero-order chi connectivity index (χ0) is 15.3. The molecule has 0 unspecified atom stereocenters. The Kier molecular flexibility index (Phi) is 3.16. The first-order chi connectivity index (χ1) is 9.90. The van der Waals surface area contributed by atoms with Crippen LogP contribution in [-0.2, 0) is 0 Å². The predicted octanol–water partition coefficient (Wildman–Crippen LogP) is 4.10. The summed E-state index contributed by atoms with van der Waals surface area (Å²) in [5.41, 5.74) is 6.82. The lowest BCUT2D eigenvalue weighted by atomic mass is 10.2. The number of nitrogens with zero attached hydrogens (tertiary/aromatic N) is 2. The highest BCUT2D eigenvalue weighted by Gasteiger charge is 2.19. The van der Waals surface area contributed by atoms with Crippen molar-refractivity contribution in [3.63, 3.8) is 0 Å². The first kappa shape index (κ1) is 13.9. The van der Waals surface area contributed by atoms with Crippen LogP contribution < -0.4 is 5.73 Å². The van der Waals surface area contributed by atoms with E-state index < -0.39 is 17.5 Å². The molecular formula is C14H9BrF3N3. The Morgan fingerprint density at radius 2 is 1.86 bits per heavy atom. The average Bonchev–Trinajstić information content (AvgIpc) is 2.75. The Hall–Kier alpha value is -2.02. The zero-order valence-corrected chi connectivity index (χ0v) is 12.4. The van der Waals surface area contributed by atoms with Crippen molar-refractivity contribution < 1.29 is 13.2 Å². The molecule has 0 fully saturated rings. The molecule has 0 bridgehead atoms. The van der Waals surface area contributed by atoms with Crippen LogP contribution >= 0.6 is 15.9 Å². The van der Waals surface area contributed by atoms with Crippen molar-refractivity contribution >= 4 is 32.9 Å². The summed E-state index contributed by atoms with van der Waals surface area (Å²) in [7, 11) is 0. The number of hydrogen-bond acceptors (Lipinski definition) is 2. The van der Waals surface area contributed by atoms with Gasteiger partial charge in [0.05, 0.1) is 15.7 Å². The number of fused-ring (bicyclic) bond motifs is 1. The normalized spacial score (nSPS) is 11.3. The third kappa shape index (κ3) is 2.08. The highest BCUT2D eigenvalue weighted by Crippen LogP contribution is 2.30. The molecular weight excluding hydrogens is 347 g/mol. The van der Waals surface area contributed by atoms with Crippen LogP contribution in [0.3, 0.4) is 0 Å². The monoisotopic (exact) mass is 355 g/mol. The second-order valence-electron chi connectivity index (χ2n) is 4.59. The molecule has 2 N–H and O–H groups in total. The van der Waals surface area contributed by atoms with E-state index >= 15 is 0 Å². The highest BCUT2D eigenvalue weighted by molar-refractivity contribution is 9.10. The van der Waals surface area contributed by atoms with E-state index in [0.29, 0.717) is 11.3 Å². The number of hydrogen-bond donors (Lipinski definition) is 1. The Labute approximate surface area is 126 Å². The van der Waals surface area contributed by atoms with Crippen LogP contribution in [0.4, 0.5) is 19.1 Å². The molecule has 0 saturated carbocycles. The van der Waals surface area contributed by atoms with Crippen LogP contribution in [0.25, 0.3) is 16.7 Å². The minimum absolute atomic E-state index is 0.0423. The Morgan fingerprint density at radius 1 is 1.14 bits per heavy atom. The largest absolute Gasteiger partial charge is 0.369 e. The van der Waals surface area contributed by atoms with Gasteiger partial charge in [-0.2, -0.15) is 0 Å². The standard InChI is InChI=1S/C14H9BrF3N3/c1-6-4-7(15)9(17)5-11(6)21-13-10(20-14(21)19)3-2-8(16)12(13)18/h2-5H,1H3,(H2,19,20). The maximum absolute atomic E-state index is 14.1. The fraction of sp³-hybridized carbons (Fsp3) is 0.0714. The molecule has 3 aromatic rings. The van der Waals surface area contributed by atoms with Gasteiger partial charge >= 0.3 is 0 Å². The number of aromatic nitrogens is 2. The molecule has 7 heteroatoms. The maximum atomic E-state index is 14.1. The van der Waals surface area contributed by atoms with Crippen LogP contribution in [0, 0.1) is 24.4 Å². The number of imidazole rings is 1. The van der Waals surface area contributed by atoms with Gasteiger partial charge in [0.15, 0.2) is 11.6 Å². The van der Waals surface area contributed by atoms with Crippen LogP contribution in [0.5, 0.6) is 0 Å². The minimum Gasteiger partial charge on any atom is -0.369 e. The molecule has 21 heavy (non-hydrogen) atoms. The summed E-state index contributed by atoms with van der Waals surface area (Å²) in [6.07, 6.45) is 0. The Bertz CT molecular complexity index is 874. The number of nitrogen functional groups attached to an aromatic ring is 1. The number of benzene rings is 2. The second kappa shape index (κ2) is 4.77.